The van der Waals surface area contributed by atoms with Crippen LogP contribution in [0.3, 0.4) is 0 Å². The minimum atomic E-state index is -2.78. The highest BCUT2D eigenvalue weighted by Gasteiger charge is 2.38. The Hall–Kier alpha value is -3.42. The van der Waals surface area contributed by atoms with Crippen molar-refractivity contribution < 1.29 is 22.4 Å². The molecule has 1 amide bonds. The number of alkyl halides is 4. The standard InChI is InChI=1S/C32H42F4N6O/c1-19-23(29(3,4)5)17-21(26(38-19)41-13-9-31(33,34)10-14-41)28(43)40-25-22(18-37)27(39-20(2)24(25)30(6,7)8)42-15-11-32(35,36)12-16-42/h17H,9-16H2,1-8H3,(H,39,40,43). The van der Waals surface area contributed by atoms with Crippen LogP contribution in [0.1, 0.15) is 106 Å². The summed E-state index contributed by atoms with van der Waals surface area (Å²) in [6, 6.07) is 3.96. The van der Waals surface area contributed by atoms with E-state index in [1.807, 2.05) is 48.5 Å². The molecular weight excluding hydrogens is 560 g/mol. The Morgan fingerprint density at radius 2 is 1.30 bits per heavy atom. The lowest BCUT2D eigenvalue weighted by atomic mass is 9.83. The number of amides is 1. The van der Waals surface area contributed by atoms with E-state index < -0.39 is 23.2 Å². The summed E-state index contributed by atoms with van der Waals surface area (Å²) in [7, 11) is 0. The van der Waals surface area contributed by atoms with E-state index in [0.717, 1.165) is 5.56 Å². The van der Waals surface area contributed by atoms with Crippen molar-refractivity contribution in [3.63, 3.8) is 0 Å². The van der Waals surface area contributed by atoms with Gasteiger partial charge in [-0.05, 0) is 36.3 Å². The van der Waals surface area contributed by atoms with Crippen LogP contribution in [0.25, 0.3) is 0 Å². The molecule has 2 saturated heterocycles. The van der Waals surface area contributed by atoms with Crippen molar-refractivity contribution in [3.8, 4) is 6.07 Å². The molecular formula is C32H42F4N6O. The minimum Gasteiger partial charge on any atom is -0.355 e. The third-order valence-corrected chi connectivity index (χ3v) is 8.29. The Labute approximate surface area is 251 Å². The van der Waals surface area contributed by atoms with Crippen LogP contribution in [-0.2, 0) is 10.8 Å². The van der Waals surface area contributed by atoms with E-state index >= 15 is 0 Å². The first-order chi connectivity index (χ1) is 19.7. The van der Waals surface area contributed by atoms with Crippen molar-refractivity contribution in [2.24, 2.45) is 0 Å². The zero-order valence-corrected chi connectivity index (χ0v) is 26.4. The van der Waals surface area contributed by atoms with Gasteiger partial charge in [0.15, 0.2) is 0 Å². The Balaban J connectivity index is 1.86. The van der Waals surface area contributed by atoms with Gasteiger partial charge in [-0.15, -0.1) is 0 Å². The maximum Gasteiger partial charge on any atom is 0.259 e. The number of aromatic nitrogens is 2. The number of halogens is 4. The molecule has 234 valence electrons. The molecule has 0 spiro atoms. The normalized spacial score (nSPS) is 18.8. The summed E-state index contributed by atoms with van der Waals surface area (Å²) in [5.74, 6) is -5.51. The topological polar surface area (TPSA) is 85.2 Å². The maximum absolute atomic E-state index is 14.3. The fourth-order valence-electron chi connectivity index (χ4n) is 6.10. The number of carbonyl (C=O) groups excluding carboxylic acids is 1. The number of hydrogen-bond donors (Lipinski definition) is 1. The lowest BCUT2D eigenvalue weighted by molar-refractivity contribution is -0.0227. The molecule has 43 heavy (non-hydrogen) atoms. The molecule has 0 radical (unpaired) electrons. The Morgan fingerprint density at radius 3 is 1.74 bits per heavy atom. The monoisotopic (exact) mass is 602 g/mol. The highest BCUT2D eigenvalue weighted by atomic mass is 19.3. The minimum absolute atomic E-state index is 0.0247. The average Bonchev–Trinajstić information content (AvgIpc) is 2.86. The summed E-state index contributed by atoms with van der Waals surface area (Å²) in [6.07, 6.45) is -1.40. The lowest BCUT2D eigenvalue weighted by Gasteiger charge is -2.35. The predicted octanol–water partition coefficient (Wildman–Crippen LogP) is 7.28. The number of anilines is 3. The smallest absolute Gasteiger partial charge is 0.259 e. The number of nitriles is 1. The number of pyridine rings is 2. The third-order valence-electron chi connectivity index (χ3n) is 8.29. The molecule has 0 saturated carbocycles. The van der Waals surface area contributed by atoms with E-state index in [4.69, 9.17) is 9.97 Å². The number of carbonyl (C=O) groups is 1. The van der Waals surface area contributed by atoms with E-state index in [2.05, 4.69) is 11.4 Å². The van der Waals surface area contributed by atoms with Crippen molar-refractivity contribution in [2.45, 2.75) is 104 Å². The zero-order chi connectivity index (χ0) is 32.1. The number of nitrogens with one attached hydrogen (secondary N) is 1. The first-order valence-electron chi connectivity index (χ1n) is 14.8. The molecule has 11 heteroatoms. The summed E-state index contributed by atoms with van der Waals surface area (Å²) in [6.45, 7) is 15.6. The molecule has 7 nitrogen and oxygen atoms in total. The summed E-state index contributed by atoms with van der Waals surface area (Å²) in [5.41, 5.74) is 2.46. The number of aryl methyl sites for hydroxylation is 2. The molecule has 0 unspecified atom stereocenters. The van der Waals surface area contributed by atoms with Crippen LogP contribution in [0, 0.1) is 25.2 Å². The fraction of sp³-hybridized carbons (Fsp3) is 0.625. The fourth-order valence-corrected chi connectivity index (χ4v) is 6.10. The summed E-state index contributed by atoms with van der Waals surface area (Å²) < 4.78 is 56.0. The zero-order valence-electron chi connectivity index (χ0n) is 26.4. The van der Waals surface area contributed by atoms with Crippen LogP contribution in [0.5, 0.6) is 0 Å². The molecule has 2 aliphatic rings. The van der Waals surface area contributed by atoms with Crippen LogP contribution in [0.2, 0.25) is 0 Å². The van der Waals surface area contributed by atoms with Crippen molar-refractivity contribution in [3.05, 3.63) is 39.7 Å². The Bertz CT molecular complexity index is 1430. The molecule has 2 aromatic rings. The molecule has 0 bridgehead atoms. The highest BCUT2D eigenvalue weighted by molar-refractivity contribution is 6.09. The maximum atomic E-state index is 14.3. The molecule has 1 N–H and O–H groups in total. The van der Waals surface area contributed by atoms with E-state index in [9.17, 15) is 27.6 Å². The van der Waals surface area contributed by atoms with Gasteiger partial charge in [-0.3, -0.25) is 4.79 Å². The van der Waals surface area contributed by atoms with Gasteiger partial charge in [0.1, 0.15) is 23.3 Å². The quantitative estimate of drug-likeness (QED) is 0.370. The van der Waals surface area contributed by atoms with Crippen LogP contribution in [0.15, 0.2) is 6.07 Å². The Morgan fingerprint density at radius 1 is 0.837 bits per heavy atom. The number of rotatable bonds is 4. The van der Waals surface area contributed by atoms with Gasteiger partial charge in [0, 0.05) is 68.8 Å². The van der Waals surface area contributed by atoms with Gasteiger partial charge >= 0.3 is 0 Å². The van der Waals surface area contributed by atoms with Gasteiger partial charge in [-0.2, -0.15) is 5.26 Å². The first-order valence-corrected chi connectivity index (χ1v) is 14.8. The molecule has 4 heterocycles. The van der Waals surface area contributed by atoms with E-state index in [1.54, 1.807) is 22.8 Å². The van der Waals surface area contributed by atoms with Gasteiger partial charge in [-0.25, -0.2) is 27.5 Å². The van der Waals surface area contributed by atoms with Gasteiger partial charge < -0.3 is 15.1 Å². The van der Waals surface area contributed by atoms with E-state index in [1.165, 1.54) is 0 Å². The van der Waals surface area contributed by atoms with Gasteiger partial charge in [0.05, 0.1) is 11.3 Å². The second-order valence-electron chi connectivity index (χ2n) is 13.9. The van der Waals surface area contributed by atoms with Crippen LogP contribution >= 0.6 is 0 Å². The highest BCUT2D eigenvalue weighted by Crippen LogP contribution is 2.41. The number of piperidine rings is 2. The second kappa shape index (κ2) is 11.3. The first kappa shape index (κ1) is 32.5. The molecule has 0 aliphatic carbocycles. The lowest BCUT2D eigenvalue weighted by Crippen LogP contribution is -2.41. The Kier molecular flexibility index (Phi) is 8.50. The SMILES string of the molecule is Cc1nc(N2CCC(F)(F)CC2)c(C(=O)Nc2c(C#N)c(N3CCC(F)(F)CC3)nc(C)c2C(C)(C)C)cc1C(C)(C)C. The summed E-state index contributed by atoms with van der Waals surface area (Å²) in [5, 5.41) is 13.4. The third kappa shape index (κ3) is 6.89. The average molecular weight is 603 g/mol. The number of nitrogens with zero attached hydrogens (tertiary/aromatic N) is 5. The van der Waals surface area contributed by atoms with E-state index in [-0.39, 0.29) is 79.9 Å². The summed E-state index contributed by atoms with van der Waals surface area (Å²) in [4.78, 5) is 27.1. The predicted molar refractivity (Wildman–Crippen MR) is 161 cm³/mol. The van der Waals surface area contributed by atoms with Crippen molar-refractivity contribution in [1.29, 1.82) is 5.26 Å². The second-order valence-corrected chi connectivity index (χ2v) is 13.9. The van der Waals surface area contributed by atoms with Gasteiger partial charge in [0.25, 0.3) is 17.8 Å². The van der Waals surface area contributed by atoms with Crippen molar-refractivity contribution >= 4 is 23.2 Å². The van der Waals surface area contributed by atoms with E-state index in [0.29, 0.717) is 22.8 Å². The molecule has 2 aromatic heterocycles. The van der Waals surface area contributed by atoms with Crippen molar-refractivity contribution in [1.82, 2.24) is 9.97 Å². The van der Waals surface area contributed by atoms with Gasteiger partial charge in [0.2, 0.25) is 0 Å². The van der Waals surface area contributed by atoms with Crippen LogP contribution < -0.4 is 15.1 Å². The molecule has 4 rings (SSSR count). The van der Waals surface area contributed by atoms with Gasteiger partial charge in [-0.1, -0.05) is 41.5 Å². The van der Waals surface area contributed by atoms with Crippen LogP contribution in [0.4, 0.5) is 34.9 Å². The van der Waals surface area contributed by atoms with Crippen LogP contribution in [-0.4, -0.2) is 53.9 Å². The van der Waals surface area contributed by atoms with Crippen molar-refractivity contribution in [2.75, 3.05) is 41.3 Å². The molecule has 0 atom stereocenters. The number of hydrogen-bond acceptors (Lipinski definition) is 6. The summed E-state index contributed by atoms with van der Waals surface area (Å²) >= 11 is 0. The largest absolute Gasteiger partial charge is 0.355 e. The molecule has 2 aliphatic heterocycles. The molecule has 2 fully saturated rings. The molecule has 0 aromatic carbocycles.